The smallest absolute Gasteiger partial charge is 0.416 e. The summed E-state index contributed by atoms with van der Waals surface area (Å²) in [5, 5.41) is 3.44. The van der Waals surface area contributed by atoms with E-state index >= 15 is 0 Å². The van der Waals surface area contributed by atoms with Crippen molar-refractivity contribution in [1.82, 2.24) is 14.5 Å². The highest BCUT2D eigenvalue weighted by atomic mass is 19.4. The number of ether oxygens (including phenoxy) is 2. The second-order valence-electron chi connectivity index (χ2n) is 7.52. The molecule has 0 radical (unpaired) electrons. The predicted octanol–water partition coefficient (Wildman–Crippen LogP) is 5.59. The lowest BCUT2D eigenvalue weighted by atomic mass is 10.1. The van der Waals surface area contributed by atoms with Crippen molar-refractivity contribution in [3.05, 3.63) is 78.2 Å². The largest absolute Gasteiger partial charge is 0.438 e. The van der Waals surface area contributed by atoms with Crippen LogP contribution in [0, 0.1) is 0 Å². The number of hydrogen-bond acceptors (Lipinski definition) is 5. The van der Waals surface area contributed by atoms with Crippen LogP contribution >= 0.6 is 0 Å². The number of fused-ring (bicyclic) bond motifs is 1. The number of anilines is 1. The molecule has 0 aliphatic rings. The van der Waals surface area contributed by atoms with Crippen molar-refractivity contribution in [2.75, 3.05) is 12.4 Å². The monoisotopic (exact) mass is 470 g/mol. The van der Waals surface area contributed by atoms with E-state index in [9.17, 15) is 18.0 Å². The number of rotatable bonds is 7. The SMILES string of the molecule is COC(C)n1ccc2c(Oc3ccc(NC(=O)Cc4ccc(C(F)(F)F)cc4)cc3)ncnc21. The molecule has 4 rings (SSSR count). The first-order valence-electron chi connectivity index (χ1n) is 10.3. The van der Waals surface area contributed by atoms with Crippen LogP contribution in [0.15, 0.2) is 67.1 Å². The molecule has 176 valence electrons. The number of nitrogens with zero attached hydrogens (tertiary/aromatic N) is 3. The van der Waals surface area contributed by atoms with E-state index in [2.05, 4.69) is 15.3 Å². The molecule has 1 unspecified atom stereocenters. The first-order valence-corrected chi connectivity index (χ1v) is 10.3. The summed E-state index contributed by atoms with van der Waals surface area (Å²) < 4.78 is 51.1. The number of halogens is 3. The third kappa shape index (κ3) is 5.18. The molecule has 10 heteroatoms. The van der Waals surface area contributed by atoms with E-state index in [1.165, 1.54) is 18.5 Å². The van der Waals surface area contributed by atoms with Crippen LogP contribution in [-0.4, -0.2) is 27.6 Å². The van der Waals surface area contributed by atoms with Crippen molar-refractivity contribution in [2.45, 2.75) is 25.7 Å². The summed E-state index contributed by atoms with van der Waals surface area (Å²) in [6.07, 6.45) is -1.41. The fraction of sp³-hybridized carbons (Fsp3) is 0.208. The van der Waals surface area contributed by atoms with E-state index in [4.69, 9.17) is 9.47 Å². The molecule has 0 aliphatic carbocycles. The Kier molecular flexibility index (Phi) is 6.51. The van der Waals surface area contributed by atoms with Gasteiger partial charge >= 0.3 is 6.18 Å². The number of benzene rings is 2. The molecule has 0 aliphatic heterocycles. The van der Waals surface area contributed by atoms with E-state index in [-0.39, 0.29) is 18.6 Å². The van der Waals surface area contributed by atoms with Crippen LogP contribution in [0.25, 0.3) is 11.0 Å². The van der Waals surface area contributed by atoms with Gasteiger partial charge in [-0.25, -0.2) is 9.97 Å². The molecular formula is C24H21F3N4O3. The molecule has 0 bridgehead atoms. The molecular weight excluding hydrogens is 449 g/mol. The number of alkyl halides is 3. The van der Waals surface area contributed by atoms with Gasteiger partial charge in [0.25, 0.3) is 0 Å². The minimum absolute atomic E-state index is 0.0494. The number of aromatic nitrogens is 3. The van der Waals surface area contributed by atoms with Gasteiger partial charge in [-0.3, -0.25) is 4.79 Å². The van der Waals surface area contributed by atoms with Crippen LogP contribution < -0.4 is 10.1 Å². The van der Waals surface area contributed by atoms with E-state index < -0.39 is 11.7 Å². The van der Waals surface area contributed by atoms with Gasteiger partial charge in [0.2, 0.25) is 11.8 Å². The molecule has 7 nitrogen and oxygen atoms in total. The van der Waals surface area contributed by atoms with Gasteiger partial charge in [0.15, 0.2) is 0 Å². The Bertz CT molecular complexity index is 1290. The molecule has 4 aromatic rings. The summed E-state index contributed by atoms with van der Waals surface area (Å²) in [6.45, 7) is 1.90. The van der Waals surface area contributed by atoms with Gasteiger partial charge < -0.3 is 19.4 Å². The number of nitrogens with one attached hydrogen (secondary N) is 1. The topological polar surface area (TPSA) is 78.3 Å². The van der Waals surface area contributed by atoms with E-state index in [0.717, 1.165) is 17.5 Å². The molecule has 1 amide bonds. The molecule has 0 spiro atoms. The molecule has 1 N–H and O–H groups in total. The maximum atomic E-state index is 12.7. The van der Waals surface area contributed by atoms with Gasteiger partial charge in [-0.2, -0.15) is 13.2 Å². The highest BCUT2D eigenvalue weighted by Crippen LogP contribution is 2.30. The van der Waals surface area contributed by atoms with E-state index in [0.29, 0.717) is 28.5 Å². The van der Waals surface area contributed by atoms with Crippen LogP contribution in [0.1, 0.15) is 24.3 Å². The Hall–Kier alpha value is -3.92. The molecule has 2 aromatic heterocycles. The average Bonchev–Trinajstić information content (AvgIpc) is 3.25. The zero-order valence-electron chi connectivity index (χ0n) is 18.3. The lowest BCUT2D eigenvalue weighted by molar-refractivity contribution is -0.137. The van der Waals surface area contributed by atoms with Gasteiger partial charge in [0.1, 0.15) is 24.0 Å². The summed E-state index contributed by atoms with van der Waals surface area (Å²) in [7, 11) is 1.61. The zero-order valence-corrected chi connectivity index (χ0v) is 18.3. The maximum absolute atomic E-state index is 12.7. The van der Waals surface area contributed by atoms with Crippen molar-refractivity contribution >= 4 is 22.6 Å². The maximum Gasteiger partial charge on any atom is 0.416 e. The fourth-order valence-corrected chi connectivity index (χ4v) is 3.36. The standard InChI is InChI=1S/C24H21F3N4O3/c1-15(33-2)31-12-11-20-22(31)28-14-29-23(20)34-19-9-7-18(8-10-19)30-21(32)13-16-3-5-17(6-4-16)24(25,26)27/h3-12,14-15H,13H2,1-2H3,(H,30,32). The van der Waals surface area contributed by atoms with Crippen molar-refractivity contribution in [1.29, 1.82) is 0 Å². The Labute approximate surface area is 193 Å². The molecule has 0 saturated heterocycles. The summed E-state index contributed by atoms with van der Waals surface area (Å²) in [6, 6.07) is 13.0. The minimum Gasteiger partial charge on any atom is -0.438 e. The van der Waals surface area contributed by atoms with Gasteiger partial charge in [-0.1, -0.05) is 12.1 Å². The normalized spacial score (nSPS) is 12.5. The number of amides is 1. The summed E-state index contributed by atoms with van der Waals surface area (Å²) in [5.41, 5.74) is 0.926. The fourth-order valence-electron chi connectivity index (χ4n) is 3.36. The van der Waals surface area contributed by atoms with Gasteiger partial charge in [0.05, 0.1) is 17.4 Å². The molecule has 1 atom stereocenters. The Morgan fingerprint density at radius 1 is 1.06 bits per heavy atom. The van der Waals surface area contributed by atoms with E-state index in [1.807, 2.05) is 23.8 Å². The quantitative estimate of drug-likeness (QED) is 0.381. The van der Waals surface area contributed by atoms with Crippen LogP contribution in [0.5, 0.6) is 11.6 Å². The molecule has 34 heavy (non-hydrogen) atoms. The van der Waals surface area contributed by atoms with Crippen molar-refractivity contribution in [3.8, 4) is 11.6 Å². The molecule has 0 fully saturated rings. The molecule has 2 heterocycles. The lowest BCUT2D eigenvalue weighted by Crippen LogP contribution is -2.14. The van der Waals surface area contributed by atoms with E-state index in [1.54, 1.807) is 31.4 Å². The summed E-state index contributed by atoms with van der Waals surface area (Å²) in [4.78, 5) is 20.8. The zero-order chi connectivity index (χ0) is 24.3. The number of hydrogen-bond donors (Lipinski definition) is 1. The lowest BCUT2D eigenvalue weighted by Gasteiger charge is -2.12. The highest BCUT2D eigenvalue weighted by molar-refractivity contribution is 5.92. The Morgan fingerprint density at radius 2 is 1.76 bits per heavy atom. The average molecular weight is 470 g/mol. The van der Waals surface area contributed by atoms with Crippen LogP contribution in [-0.2, 0) is 22.1 Å². The number of carbonyl (C=O) groups is 1. The van der Waals surface area contributed by atoms with Gasteiger partial charge in [-0.05, 0) is 55.0 Å². The molecule has 2 aromatic carbocycles. The van der Waals surface area contributed by atoms with Crippen molar-refractivity contribution in [2.24, 2.45) is 0 Å². The number of carbonyl (C=O) groups excluding carboxylic acids is 1. The van der Waals surface area contributed by atoms with Crippen LogP contribution in [0.3, 0.4) is 0 Å². The first kappa shape index (κ1) is 23.2. The second-order valence-corrected chi connectivity index (χ2v) is 7.52. The van der Waals surface area contributed by atoms with Crippen LogP contribution in [0.2, 0.25) is 0 Å². The second kappa shape index (κ2) is 9.52. The summed E-state index contributed by atoms with van der Waals surface area (Å²) >= 11 is 0. The van der Waals surface area contributed by atoms with Crippen molar-refractivity contribution in [3.63, 3.8) is 0 Å². The highest BCUT2D eigenvalue weighted by Gasteiger charge is 2.30. The van der Waals surface area contributed by atoms with Crippen molar-refractivity contribution < 1.29 is 27.4 Å². The van der Waals surface area contributed by atoms with Gasteiger partial charge in [-0.15, -0.1) is 0 Å². The predicted molar refractivity (Wildman–Crippen MR) is 120 cm³/mol. The number of methoxy groups -OCH3 is 1. The third-order valence-electron chi connectivity index (χ3n) is 5.20. The summed E-state index contributed by atoms with van der Waals surface area (Å²) in [5.74, 6) is 0.541. The first-order chi connectivity index (χ1) is 16.2. The minimum atomic E-state index is -4.41. The Balaban J connectivity index is 1.40. The molecule has 0 saturated carbocycles. The van der Waals surface area contributed by atoms with Crippen LogP contribution in [0.4, 0.5) is 18.9 Å². The van der Waals surface area contributed by atoms with Gasteiger partial charge in [0, 0.05) is 19.0 Å². The Morgan fingerprint density at radius 3 is 2.41 bits per heavy atom. The third-order valence-corrected chi connectivity index (χ3v) is 5.20.